The van der Waals surface area contributed by atoms with Gasteiger partial charge in [-0.2, -0.15) is 5.26 Å². The maximum atomic E-state index is 12.5. The topological polar surface area (TPSA) is 73.2 Å². The Balaban J connectivity index is 2.28. The minimum atomic E-state index is -0.312. The highest BCUT2D eigenvalue weighted by Gasteiger charge is 2.21. The lowest BCUT2D eigenvalue weighted by atomic mass is 9.97. The van der Waals surface area contributed by atoms with Crippen molar-refractivity contribution in [1.29, 1.82) is 5.26 Å². The quantitative estimate of drug-likeness (QED) is 0.887. The lowest BCUT2D eigenvalue weighted by Crippen LogP contribution is -2.37. The number of nitriles is 1. The van der Waals surface area contributed by atoms with Crippen molar-refractivity contribution in [3.05, 3.63) is 59.2 Å². The molecule has 0 saturated carbocycles. The average Bonchev–Trinajstić information content (AvgIpc) is 2.59. The van der Waals surface area contributed by atoms with E-state index >= 15 is 0 Å². The zero-order valence-corrected chi connectivity index (χ0v) is 15.5. The van der Waals surface area contributed by atoms with Crippen LogP contribution in [0.3, 0.4) is 0 Å². The number of hydrogen-bond acceptors (Lipinski definition) is 3. The lowest BCUT2D eigenvalue weighted by molar-refractivity contribution is -0.120. The summed E-state index contributed by atoms with van der Waals surface area (Å²) >= 11 is 0. The molecule has 0 spiro atoms. The summed E-state index contributed by atoms with van der Waals surface area (Å²) in [6.45, 7) is 7.43. The van der Waals surface area contributed by atoms with Crippen LogP contribution in [-0.4, -0.2) is 18.4 Å². The third-order valence-corrected chi connectivity index (χ3v) is 4.12. The van der Waals surface area contributed by atoms with Gasteiger partial charge >= 0.3 is 0 Å². The first kappa shape index (κ1) is 19.2. The molecule has 26 heavy (non-hydrogen) atoms. The molecular formula is C21H23N3O2. The van der Waals surface area contributed by atoms with Crippen molar-refractivity contribution in [2.75, 3.05) is 16.8 Å². The molecule has 0 aliphatic carbocycles. The van der Waals surface area contributed by atoms with Crippen LogP contribution >= 0.6 is 0 Å². The van der Waals surface area contributed by atoms with Crippen molar-refractivity contribution in [2.24, 2.45) is 0 Å². The van der Waals surface area contributed by atoms with Crippen molar-refractivity contribution in [3.8, 4) is 6.07 Å². The molecule has 0 radical (unpaired) electrons. The average molecular weight is 349 g/mol. The summed E-state index contributed by atoms with van der Waals surface area (Å²) in [5, 5.41) is 11.7. The van der Waals surface area contributed by atoms with Crippen molar-refractivity contribution in [1.82, 2.24) is 0 Å². The number of para-hydroxylation sites is 1. The van der Waals surface area contributed by atoms with E-state index in [2.05, 4.69) is 19.2 Å². The summed E-state index contributed by atoms with van der Waals surface area (Å²) in [6.07, 6.45) is 0. The summed E-state index contributed by atoms with van der Waals surface area (Å²) in [5.41, 5.74) is 3.76. The van der Waals surface area contributed by atoms with E-state index in [0.717, 1.165) is 16.8 Å². The molecule has 0 aliphatic heterocycles. The second-order valence-electron chi connectivity index (χ2n) is 6.51. The Morgan fingerprint density at radius 2 is 1.88 bits per heavy atom. The van der Waals surface area contributed by atoms with Gasteiger partial charge in [-0.15, -0.1) is 0 Å². The number of nitrogens with zero attached hydrogens (tertiary/aromatic N) is 2. The highest BCUT2D eigenvalue weighted by molar-refractivity contribution is 6.02. The number of benzene rings is 2. The Hall–Kier alpha value is -3.13. The summed E-state index contributed by atoms with van der Waals surface area (Å²) in [7, 11) is 0. The monoisotopic (exact) mass is 349 g/mol. The fourth-order valence-corrected chi connectivity index (χ4v) is 2.87. The number of carbonyl (C=O) groups excluding carboxylic acids is 2. The molecule has 0 unspecified atom stereocenters. The molecule has 2 aromatic carbocycles. The highest BCUT2D eigenvalue weighted by Crippen LogP contribution is 2.31. The van der Waals surface area contributed by atoms with Gasteiger partial charge in [-0.1, -0.05) is 38.1 Å². The van der Waals surface area contributed by atoms with Gasteiger partial charge < -0.3 is 10.2 Å². The number of amides is 2. The molecule has 0 aliphatic rings. The maximum Gasteiger partial charge on any atom is 0.244 e. The van der Waals surface area contributed by atoms with Crippen LogP contribution in [0.15, 0.2) is 42.5 Å². The fourth-order valence-electron chi connectivity index (χ4n) is 2.87. The molecule has 0 saturated heterocycles. The highest BCUT2D eigenvalue weighted by atomic mass is 16.2. The van der Waals surface area contributed by atoms with Gasteiger partial charge in [0.2, 0.25) is 11.8 Å². The molecule has 0 bridgehead atoms. The number of hydrogen-bond donors (Lipinski definition) is 1. The molecule has 2 amide bonds. The van der Waals surface area contributed by atoms with E-state index in [4.69, 9.17) is 5.26 Å². The Labute approximate surface area is 154 Å². The summed E-state index contributed by atoms with van der Waals surface area (Å²) in [6, 6.07) is 14.6. The van der Waals surface area contributed by atoms with Gasteiger partial charge in [0.1, 0.15) is 6.54 Å². The molecule has 5 heteroatoms. The molecule has 1 N–H and O–H groups in total. The number of rotatable bonds is 5. The molecule has 5 nitrogen and oxygen atoms in total. The Morgan fingerprint density at radius 1 is 1.19 bits per heavy atom. The number of nitrogens with one attached hydrogen (secondary N) is 1. The molecular weight excluding hydrogens is 326 g/mol. The summed E-state index contributed by atoms with van der Waals surface area (Å²) in [5.74, 6) is -0.280. The van der Waals surface area contributed by atoms with E-state index < -0.39 is 0 Å². The smallest absolute Gasteiger partial charge is 0.244 e. The Morgan fingerprint density at radius 3 is 2.50 bits per heavy atom. The maximum absolute atomic E-state index is 12.5. The predicted octanol–water partition coefficient (Wildman–Crippen LogP) is 3.98. The third kappa shape index (κ3) is 4.48. The van der Waals surface area contributed by atoms with Crippen LogP contribution < -0.4 is 10.2 Å². The molecule has 0 atom stereocenters. The van der Waals surface area contributed by atoms with E-state index in [1.807, 2.05) is 31.2 Å². The normalized spacial score (nSPS) is 10.3. The first-order valence-electron chi connectivity index (χ1n) is 8.51. The number of aryl methyl sites for hydroxylation is 1. The zero-order chi connectivity index (χ0) is 19.3. The van der Waals surface area contributed by atoms with Crippen molar-refractivity contribution in [2.45, 2.75) is 33.6 Å². The Bertz CT molecular complexity index is 866. The van der Waals surface area contributed by atoms with E-state index in [1.165, 1.54) is 11.8 Å². The summed E-state index contributed by atoms with van der Waals surface area (Å²) < 4.78 is 0. The number of carbonyl (C=O) groups is 2. The largest absolute Gasteiger partial charge is 0.324 e. The van der Waals surface area contributed by atoms with Crippen molar-refractivity contribution < 1.29 is 9.59 Å². The standard InChI is InChI=1S/C21H23N3O2/c1-14(2)19-10-5-7-15(3)21(19)24(16(4)25)13-20(26)23-18-9-6-8-17(11-18)12-22/h5-11,14H,13H2,1-4H3,(H,23,26). The van der Waals surface area contributed by atoms with Gasteiger partial charge in [0.15, 0.2) is 0 Å². The molecule has 2 rings (SSSR count). The second-order valence-corrected chi connectivity index (χ2v) is 6.51. The summed E-state index contributed by atoms with van der Waals surface area (Å²) in [4.78, 5) is 26.3. The minimum absolute atomic E-state index is 0.0866. The molecule has 0 fully saturated rings. The van der Waals surface area contributed by atoms with Crippen LogP contribution in [0, 0.1) is 18.3 Å². The van der Waals surface area contributed by atoms with Crippen molar-refractivity contribution in [3.63, 3.8) is 0 Å². The van der Waals surface area contributed by atoms with Gasteiger partial charge in [-0.3, -0.25) is 9.59 Å². The van der Waals surface area contributed by atoms with Crippen LogP contribution in [-0.2, 0) is 9.59 Å². The SMILES string of the molecule is CC(=O)N(CC(=O)Nc1cccc(C#N)c1)c1c(C)cccc1C(C)C. The van der Waals surface area contributed by atoms with Crippen LogP contribution in [0.1, 0.15) is 43.4 Å². The zero-order valence-electron chi connectivity index (χ0n) is 15.5. The van der Waals surface area contributed by atoms with Crippen LogP contribution in [0.5, 0.6) is 0 Å². The second kappa shape index (κ2) is 8.30. The minimum Gasteiger partial charge on any atom is -0.324 e. The molecule has 134 valence electrons. The first-order valence-corrected chi connectivity index (χ1v) is 8.51. The van der Waals surface area contributed by atoms with Gasteiger partial charge in [0, 0.05) is 12.6 Å². The lowest BCUT2D eigenvalue weighted by Gasteiger charge is -2.27. The first-order chi connectivity index (χ1) is 12.3. The molecule has 0 heterocycles. The van der Waals surface area contributed by atoms with E-state index in [-0.39, 0.29) is 24.3 Å². The molecule has 0 aromatic heterocycles. The van der Waals surface area contributed by atoms with Crippen molar-refractivity contribution >= 4 is 23.2 Å². The third-order valence-electron chi connectivity index (χ3n) is 4.12. The van der Waals surface area contributed by atoms with Crippen LogP contribution in [0.25, 0.3) is 0 Å². The molecule has 2 aromatic rings. The van der Waals surface area contributed by atoms with E-state index in [1.54, 1.807) is 24.3 Å². The van der Waals surface area contributed by atoms with Gasteiger partial charge in [-0.05, 0) is 42.2 Å². The van der Waals surface area contributed by atoms with Gasteiger partial charge in [0.05, 0.1) is 17.3 Å². The Kier molecular flexibility index (Phi) is 6.13. The number of anilines is 2. The van der Waals surface area contributed by atoms with E-state index in [0.29, 0.717) is 11.3 Å². The van der Waals surface area contributed by atoms with Gasteiger partial charge in [-0.25, -0.2) is 0 Å². The predicted molar refractivity (Wildman–Crippen MR) is 103 cm³/mol. The van der Waals surface area contributed by atoms with Crippen LogP contribution in [0.2, 0.25) is 0 Å². The van der Waals surface area contributed by atoms with Gasteiger partial charge in [0.25, 0.3) is 0 Å². The van der Waals surface area contributed by atoms with Crippen LogP contribution in [0.4, 0.5) is 11.4 Å². The fraction of sp³-hybridized carbons (Fsp3) is 0.286. The van der Waals surface area contributed by atoms with E-state index in [9.17, 15) is 9.59 Å².